The Morgan fingerprint density at radius 2 is 1.86 bits per heavy atom. The monoisotopic (exact) mass is 314 g/mol. The van der Waals surface area contributed by atoms with E-state index in [-0.39, 0.29) is 4.90 Å². The van der Waals surface area contributed by atoms with Gasteiger partial charge in [0.15, 0.2) is 0 Å². The summed E-state index contributed by atoms with van der Waals surface area (Å²) in [5.41, 5.74) is 0. The highest BCUT2D eigenvalue weighted by Crippen LogP contribution is 2.16. The molecule has 1 aromatic rings. The van der Waals surface area contributed by atoms with Gasteiger partial charge >= 0.3 is 0 Å². The predicted octanol–water partition coefficient (Wildman–Crippen LogP) is 2.00. The van der Waals surface area contributed by atoms with Gasteiger partial charge in [-0.2, -0.15) is 0 Å². The van der Waals surface area contributed by atoms with Crippen molar-refractivity contribution in [1.82, 2.24) is 10.0 Å². The van der Waals surface area contributed by atoms with Gasteiger partial charge in [-0.15, -0.1) is 0 Å². The molecule has 5 nitrogen and oxygen atoms in total. The molecule has 1 unspecified atom stereocenters. The fourth-order valence-electron chi connectivity index (χ4n) is 1.61. The summed E-state index contributed by atoms with van der Waals surface area (Å²) >= 11 is 0. The maximum atomic E-state index is 12.1. The molecular formula is C15H26N2O3S. The molecule has 6 heteroatoms. The summed E-state index contributed by atoms with van der Waals surface area (Å²) in [5.74, 6) is 1.00. The first-order valence-corrected chi connectivity index (χ1v) is 8.91. The van der Waals surface area contributed by atoms with Crippen LogP contribution in [0.25, 0.3) is 0 Å². The Morgan fingerprint density at radius 3 is 2.43 bits per heavy atom. The summed E-state index contributed by atoms with van der Waals surface area (Å²) < 4.78 is 32.3. The average molecular weight is 314 g/mol. The minimum atomic E-state index is -3.43. The van der Waals surface area contributed by atoms with Gasteiger partial charge in [0.1, 0.15) is 12.4 Å². The molecule has 21 heavy (non-hydrogen) atoms. The van der Waals surface area contributed by atoms with Gasteiger partial charge in [-0.1, -0.05) is 27.2 Å². The number of nitrogens with one attached hydrogen (secondary N) is 2. The van der Waals surface area contributed by atoms with Crippen LogP contribution in [-0.2, 0) is 10.0 Å². The fraction of sp³-hybridized carbons (Fsp3) is 0.600. The molecule has 120 valence electrons. The number of likely N-dealkylation sites (N-methyl/N-ethyl adjacent to an activating group) is 1. The van der Waals surface area contributed by atoms with Crippen LogP contribution in [0.3, 0.4) is 0 Å². The molecule has 0 aliphatic heterocycles. The largest absolute Gasteiger partial charge is 0.492 e. The van der Waals surface area contributed by atoms with E-state index in [0.717, 1.165) is 19.5 Å². The third-order valence-corrected chi connectivity index (χ3v) is 4.69. The number of hydrogen-bond acceptors (Lipinski definition) is 4. The number of hydrogen-bond donors (Lipinski definition) is 2. The summed E-state index contributed by atoms with van der Waals surface area (Å²) in [5, 5.41) is 3.16. The smallest absolute Gasteiger partial charge is 0.240 e. The van der Waals surface area contributed by atoms with Crippen LogP contribution >= 0.6 is 0 Å². The van der Waals surface area contributed by atoms with Crippen LogP contribution in [0.2, 0.25) is 0 Å². The summed E-state index contributed by atoms with van der Waals surface area (Å²) in [4.78, 5) is 0.268. The van der Waals surface area contributed by atoms with Crippen molar-refractivity contribution in [3.63, 3.8) is 0 Å². The quantitative estimate of drug-likeness (QED) is 0.648. The van der Waals surface area contributed by atoms with Crippen LogP contribution in [0.5, 0.6) is 5.75 Å². The number of ether oxygens (including phenoxy) is 1. The van der Waals surface area contributed by atoms with E-state index in [1.54, 1.807) is 24.3 Å². The van der Waals surface area contributed by atoms with Gasteiger partial charge in [-0.3, -0.25) is 0 Å². The molecule has 0 heterocycles. The fourth-order valence-corrected chi connectivity index (χ4v) is 2.78. The van der Waals surface area contributed by atoms with Crippen molar-refractivity contribution in [3.05, 3.63) is 24.3 Å². The molecule has 0 aliphatic carbocycles. The van der Waals surface area contributed by atoms with Crippen molar-refractivity contribution in [2.24, 2.45) is 5.92 Å². The normalized spacial score (nSPS) is 13.1. The van der Waals surface area contributed by atoms with Gasteiger partial charge in [0.25, 0.3) is 0 Å². The molecule has 0 saturated heterocycles. The van der Waals surface area contributed by atoms with Crippen LogP contribution in [0, 0.1) is 5.92 Å². The zero-order valence-corrected chi connectivity index (χ0v) is 13.9. The Bertz CT molecular complexity index is 500. The average Bonchev–Trinajstić information content (AvgIpc) is 2.50. The summed E-state index contributed by atoms with van der Waals surface area (Å²) in [7, 11) is -3.43. The van der Waals surface area contributed by atoms with Crippen LogP contribution < -0.4 is 14.8 Å². The minimum absolute atomic E-state index is 0.268. The lowest BCUT2D eigenvalue weighted by atomic mass is 10.1. The Kier molecular flexibility index (Phi) is 7.71. The van der Waals surface area contributed by atoms with Crippen molar-refractivity contribution in [2.45, 2.75) is 32.1 Å². The first-order valence-electron chi connectivity index (χ1n) is 7.42. The van der Waals surface area contributed by atoms with Gasteiger partial charge < -0.3 is 10.1 Å². The predicted molar refractivity (Wildman–Crippen MR) is 85.1 cm³/mol. The summed E-state index contributed by atoms with van der Waals surface area (Å²) in [6.07, 6.45) is 0.946. The van der Waals surface area contributed by atoms with Crippen LogP contribution in [0.1, 0.15) is 27.2 Å². The van der Waals surface area contributed by atoms with Crippen LogP contribution in [-0.4, -0.2) is 34.7 Å². The second-order valence-electron chi connectivity index (χ2n) is 5.04. The lowest BCUT2D eigenvalue weighted by Crippen LogP contribution is -2.28. The molecule has 1 rings (SSSR count). The Balaban J connectivity index is 2.56. The molecule has 0 spiro atoms. The zero-order valence-electron chi connectivity index (χ0n) is 13.1. The van der Waals surface area contributed by atoms with E-state index in [9.17, 15) is 8.42 Å². The summed E-state index contributed by atoms with van der Waals surface area (Å²) in [6, 6.07) is 6.51. The van der Waals surface area contributed by atoms with Crippen molar-refractivity contribution in [1.29, 1.82) is 0 Å². The first kappa shape index (κ1) is 17.9. The highest BCUT2D eigenvalue weighted by molar-refractivity contribution is 7.89. The summed E-state index contributed by atoms with van der Waals surface area (Å²) in [6.45, 7) is 8.79. The molecule has 1 aromatic carbocycles. The van der Waals surface area contributed by atoms with Crippen LogP contribution in [0.4, 0.5) is 0 Å². The zero-order chi connectivity index (χ0) is 15.7. The van der Waals surface area contributed by atoms with Crippen LogP contribution in [0.15, 0.2) is 29.2 Å². The Morgan fingerprint density at radius 1 is 1.19 bits per heavy atom. The molecule has 1 atom stereocenters. The first-order chi connectivity index (χ1) is 9.99. The standard InChI is InChI=1S/C15H26N2O3S/c1-4-13(3)12-17-21(18,19)15-8-6-14(7-9-15)20-11-10-16-5-2/h6-9,13,16-17H,4-5,10-12H2,1-3H3. The lowest BCUT2D eigenvalue weighted by Gasteiger charge is -2.11. The SMILES string of the molecule is CCNCCOc1ccc(S(=O)(=O)NCC(C)CC)cc1. The van der Waals surface area contributed by atoms with E-state index in [4.69, 9.17) is 4.74 Å². The molecular weight excluding hydrogens is 288 g/mol. The highest BCUT2D eigenvalue weighted by atomic mass is 32.2. The molecule has 2 N–H and O–H groups in total. The van der Waals surface area contributed by atoms with Crippen molar-refractivity contribution >= 4 is 10.0 Å². The topological polar surface area (TPSA) is 67.4 Å². The second-order valence-corrected chi connectivity index (χ2v) is 6.81. The number of sulfonamides is 1. The second kappa shape index (κ2) is 9.02. The molecule has 0 aromatic heterocycles. The third kappa shape index (κ3) is 6.46. The molecule has 0 bridgehead atoms. The number of rotatable bonds is 10. The maximum absolute atomic E-state index is 12.1. The molecule has 0 amide bonds. The molecule has 0 saturated carbocycles. The third-order valence-electron chi connectivity index (χ3n) is 3.25. The van der Waals surface area contributed by atoms with E-state index in [2.05, 4.69) is 10.0 Å². The van der Waals surface area contributed by atoms with Crippen molar-refractivity contribution < 1.29 is 13.2 Å². The van der Waals surface area contributed by atoms with Gasteiger partial charge in [0.2, 0.25) is 10.0 Å². The molecule has 0 radical (unpaired) electrons. The van der Waals surface area contributed by atoms with Crippen molar-refractivity contribution in [2.75, 3.05) is 26.2 Å². The van der Waals surface area contributed by atoms with Gasteiger partial charge in [-0.25, -0.2) is 13.1 Å². The van der Waals surface area contributed by atoms with E-state index < -0.39 is 10.0 Å². The van der Waals surface area contributed by atoms with E-state index in [1.165, 1.54) is 0 Å². The Hall–Kier alpha value is -1.11. The lowest BCUT2D eigenvalue weighted by molar-refractivity contribution is 0.315. The highest BCUT2D eigenvalue weighted by Gasteiger charge is 2.14. The van der Waals surface area contributed by atoms with Gasteiger partial charge in [0, 0.05) is 13.1 Å². The maximum Gasteiger partial charge on any atom is 0.240 e. The van der Waals surface area contributed by atoms with E-state index >= 15 is 0 Å². The number of benzene rings is 1. The van der Waals surface area contributed by atoms with Gasteiger partial charge in [-0.05, 0) is 36.7 Å². The van der Waals surface area contributed by atoms with E-state index in [1.807, 2.05) is 20.8 Å². The minimum Gasteiger partial charge on any atom is -0.492 e. The molecule has 0 aliphatic rings. The Labute approximate surface area is 128 Å². The molecule has 0 fully saturated rings. The van der Waals surface area contributed by atoms with Gasteiger partial charge in [0.05, 0.1) is 4.90 Å². The van der Waals surface area contributed by atoms with Crippen molar-refractivity contribution in [3.8, 4) is 5.75 Å². The van der Waals surface area contributed by atoms with E-state index in [0.29, 0.717) is 24.8 Å².